The van der Waals surface area contributed by atoms with Gasteiger partial charge in [-0.3, -0.25) is 20.1 Å². The average Bonchev–Trinajstić information content (AvgIpc) is 3.46. The molecule has 8 nitrogen and oxygen atoms in total. The van der Waals surface area contributed by atoms with Crippen LogP contribution in [0, 0.1) is 21.3 Å². The minimum Gasteiger partial charge on any atom is -0.453 e. The van der Waals surface area contributed by atoms with Gasteiger partial charge in [0, 0.05) is 24.5 Å². The SMILES string of the molecule is CC1(C2OCCO2)C=NC(c2cc3nccc(Oc4ccc([N+](=O)[O-])cc4F)c3s2)=CC1. The van der Waals surface area contributed by atoms with Crippen LogP contribution in [0.1, 0.15) is 18.2 Å². The van der Waals surface area contributed by atoms with Crippen molar-refractivity contribution < 1.29 is 23.5 Å². The number of thiophene rings is 1. The van der Waals surface area contributed by atoms with E-state index in [1.807, 2.05) is 18.4 Å². The van der Waals surface area contributed by atoms with Gasteiger partial charge >= 0.3 is 0 Å². The molecule has 0 aliphatic carbocycles. The second-order valence-electron chi connectivity index (χ2n) is 7.74. The van der Waals surface area contributed by atoms with Gasteiger partial charge < -0.3 is 14.2 Å². The van der Waals surface area contributed by atoms with Crippen molar-refractivity contribution in [2.75, 3.05) is 13.2 Å². The molecule has 0 bridgehead atoms. The average molecular weight is 455 g/mol. The van der Waals surface area contributed by atoms with Crippen LogP contribution >= 0.6 is 11.3 Å². The molecule has 2 aromatic heterocycles. The summed E-state index contributed by atoms with van der Waals surface area (Å²) in [6.45, 7) is 3.23. The summed E-state index contributed by atoms with van der Waals surface area (Å²) in [7, 11) is 0. The Balaban J connectivity index is 1.41. The van der Waals surface area contributed by atoms with Crippen molar-refractivity contribution >= 4 is 39.2 Å². The lowest BCUT2D eigenvalue weighted by Gasteiger charge is -2.31. The number of allylic oxidation sites excluding steroid dienone is 1. The van der Waals surface area contributed by atoms with Crippen molar-refractivity contribution in [3.63, 3.8) is 0 Å². The van der Waals surface area contributed by atoms with E-state index in [0.29, 0.717) is 24.5 Å². The van der Waals surface area contributed by atoms with Crippen LogP contribution in [0.2, 0.25) is 0 Å². The lowest BCUT2D eigenvalue weighted by molar-refractivity contribution is -0.385. The predicted molar refractivity (Wildman–Crippen MR) is 118 cm³/mol. The van der Waals surface area contributed by atoms with E-state index in [0.717, 1.165) is 27.8 Å². The van der Waals surface area contributed by atoms with E-state index >= 15 is 0 Å². The van der Waals surface area contributed by atoms with Crippen LogP contribution < -0.4 is 4.74 Å². The number of halogens is 1. The molecule has 0 spiro atoms. The number of benzene rings is 1. The number of nitrogens with zero attached hydrogens (tertiary/aromatic N) is 3. The molecule has 0 radical (unpaired) electrons. The van der Waals surface area contributed by atoms with Gasteiger partial charge in [-0.1, -0.05) is 6.08 Å². The molecular weight excluding hydrogens is 437 g/mol. The van der Waals surface area contributed by atoms with E-state index in [-0.39, 0.29) is 23.1 Å². The first kappa shape index (κ1) is 20.7. The van der Waals surface area contributed by atoms with Crippen molar-refractivity contribution in [3.8, 4) is 11.5 Å². The van der Waals surface area contributed by atoms with Gasteiger partial charge in [0.2, 0.25) is 0 Å². The maximum atomic E-state index is 14.3. The van der Waals surface area contributed by atoms with Crippen molar-refractivity contribution in [2.24, 2.45) is 10.4 Å². The van der Waals surface area contributed by atoms with E-state index in [4.69, 9.17) is 14.2 Å². The van der Waals surface area contributed by atoms with E-state index in [9.17, 15) is 14.5 Å². The molecule has 0 amide bonds. The zero-order valence-corrected chi connectivity index (χ0v) is 17.8. The fourth-order valence-corrected chi connectivity index (χ4v) is 4.68. The number of nitro benzene ring substituents is 1. The number of ether oxygens (including phenoxy) is 3. The van der Waals surface area contributed by atoms with Gasteiger partial charge in [-0.15, -0.1) is 11.3 Å². The normalized spacial score (nSPS) is 21.1. The fraction of sp³-hybridized carbons (Fsp3) is 0.273. The van der Waals surface area contributed by atoms with Gasteiger partial charge in [-0.05, 0) is 25.5 Å². The maximum Gasteiger partial charge on any atom is 0.272 e. The summed E-state index contributed by atoms with van der Waals surface area (Å²) in [6.07, 6.45) is 5.91. The highest BCUT2D eigenvalue weighted by Crippen LogP contribution is 2.41. The number of aliphatic imine (C=N–C) groups is 1. The summed E-state index contributed by atoms with van der Waals surface area (Å²) in [5, 5.41) is 10.8. The summed E-state index contributed by atoms with van der Waals surface area (Å²) in [5.74, 6) is -0.492. The number of nitro groups is 1. The number of fused-ring (bicyclic) bond motifs is 1. The lowest BCUT2D eigenvalue weighted by atomic mass is 9.85. The van der Waals surface area contributed by atoms with Crippen molar-refractivity contribution in [3.05, 3.63) is 63.4 Å². The largest absolute Gasteiger partial charge is 0.453 e. The molecule has 0 N–H and O–H groups in total. The molecule has 2 aliphatic rings. The number of aromatic nitrogens is 1. The summed E-state index contributed by atoms with van der Waals surface area (Å²) in [4.78, 5) is 20.1. The van der Waals surface area contributed by atoms with Crippen molar-refractivity contribution in [1.29, 1.82) is 0 Å². The summed E-state index contributed by atoms with van der Waals surface area (Å²) < 4.78 is 32.1. The molecule has 5 rings (SSSR count). The highest BCUT2D eigenvalue weighted by atomic mass is 32.1. The molecule has 1 saturated heterocycles. The van der Waals surface area contributed by atoms with E-state index in [1.54, 1.807) is 12.3 Å². The van der Waals surface area contributed by atoms with Gasteiger partial charge in [0.25, 0.3) is 5.69 Å². The quantitative estimate of drug-likeness (QED) is 0.381. The first-order valence-electron chi connectivity index (χ1n) is 9.92. The minimum atomic E-state index is -0.809. The van der Waals surface area contributed by atoms with Gasteiger partial charge in [0.15, 0.2) is 17.9 Å². The van der Waals surface area contributed by atoms with Crippen LogP contribution in [-0.2, 0) is 9.47 Å². The summed E-state index contributed by atoms with van der Waals surface area (Å²) in [5.41, 5.74) is 0.847. The third kappa shape index (κ3) is 3.77. The molecule has 4 heterocycles. The van der Waals surface area contributed by atoms with Crippen LogP contribution in [-0.4, -0.2) is 35.6 Å². The standard InChI is InChI=1S/C22H18FN3O5S/c1-22(21-29-8-9-30-21)6-4-15(25-12-22)19-11-16-20(32-19)18(5-7-24-16)31-17-3-2-13(26(27)28)10-14(17)23/h2-5,7,10-12,21H,6,8-9H2,1H3. The number of rotatable bonds is 5. The molecule has 1 aromatic carbocycles. The van der Waals surface area contributed by atoms with E-state index in [2.05, 4.69) is 16.9 Å². The van der Waals surface area contributed by atoms with Crippen LogP contribution in [0.3, 0.4) is 0 Å². The third-order valence-corrected chi connectivity index (χ3v) is 6.53. The van der Waals surface area contributed by atoms with Crippen LogP contribution in [0.5, 0.6) is 11.5 Å². The zero-order valence-electron chi connectivity index (χ0n) is 17.0. The molecule has 0 saturated carbocycles. The van der Waals surface area contributed by atoms with Gasteiger partial charge in [-0.2, -0.15) is 0 Å². The lowest BCUT2D eigenvalue weighted by Crippen LogP contribution is -2.35. The second-order valence-corrected chi connectivity index (χ2v) is 8.79. The third-order valence-electron chi connectivity index (χ3n) is 5.37. The first-order valence-corrected chi connectivity index (χ1v) is 10.7. The Labute approximate surface area is 186 Å². The molecule has 32 heavy (non-hydrogen) atoms. The molecule has 1 atom stereocenters. The number of non-ortho nitro benzene ring substituents is 1. The number of pyridine rings is 1. The topological polar surface area (TPSA) is 96.1 Å². The fourth-order valence-electron chi connectivity index (χ4n) is 3.63. The highest BCUT2D eigenvalue weighted by Gasteiger charge is 2.38. The van der Waals surface area contributed by atoms with Crippen LogP contribution in [0.15, 0.2) is 47.6 Å². The van der Waals surface area contributed by atoms with Gasteiger partial charge in [-0.25, -0.2) is 4.39 Å². The molecule has 1 fully saturated rings. The first-order chi connectivity index (χ1) is 15.4. The van der Waals surface area contributed by atoms with Crippen LogP contribution in [0.25, 0.3) is 15.9 Å². The highest BCUT2D eigenvalue weighted by molar-refractivity contribution is 7.20. The molecule has 164 valence electrons. The van der Waals surface area contributed by atoms with E-state index < -0.39 is 10.7 Å². The minimum absolute atomic E-state index is 0.0970. The zero-order chi connectivity index (χ0) is 22.3. The van der Waals surface area contributed by atoms with E-state index in [1.165, 1.54) is 23.5 Å². The van der Waals surface area contributed by atoms with Crippen LogP contribution in [0.4, 0.5) is 10.1 Å². The Morgan fingerprint density at radius 2 is 2.06 bits per heavy atom. The Kier molecular flexibility index (Phi) is 5.20. The number of hydrogen-bond acceptors (Lipinski definition) is 8. The Bertz CT molecular complexity index is 1270. The molecule has 10 heteroatoms. The summed E-state index contributed by atoms with van der Waals surface area (Å²) in [6, 6.07) is 6.83. The van der Waals surface area contributed by atoms with Crippen molar-refractivity contribution in [1.82, 2.24) is 4.98 Å². The second kappa shape index (κ2) is 8.05. The maximum absolute atomic E-state index is 14.3. The number of hydrogen-bond donors (Lipinski definition) is 0. The Morgan fingerprint density at radius 1 is 1.25 bits per heavy atom. The van der Waals surface area contributed by atoms with Gasteiger partial charge in [0.05, 0.1) is 50.4 Å². The monoisotopic (exact) mass is 455 g/mol. The van der Waals surface area contributed by atoms with Gasteiger partial charge in [0.1, 0.15) is 5.75 Å². The molecule has 1 unspecified atom stereocenters. The Hall–Kier alpha value is -3.21. The molecule has 2 aliphatic heterocycles. The Morgan fingerprint density at radius 3 is 2.75 bits per heavy atom. The predicted octanol–water partition coefficient (Wildman–Crippen LogP) is 5.33. The smallest absolute Gasteiger partial charge is 0.272 e. The van der Waals surface area contributed by atoms with Crippen molar-refractivity contribution in [2.45, 2.75) is 19.6 Å². The summed E-state index contributed by atoms with van der Waals surface area (Å²) >= 11 is 1.43. The molecule has 3 aromatic rings. The molecular formula is C22H18FN3O5S.